The first-order valence-corrected chi connectivity index (χ1v) is 8.30. The molecule has 3 heterocycles. The molecular formula is C19H19N7. The summed E-state index contributed by atoms with van der Waals surface area (Å²) in [6, 6.07) is 15.8. The van der Waals surface area contributed by atoms with Crippen molar-refractivity contribution in [3.05, 3.63) is 60.3 Å². The van der Waals surface area contributed by atoms with Crippen LogP contribution in [0.2, 0.25) is 0 Å². The van der Waals surface area contributed by atoms with E-state index in [2.05, 4.69) is 42.6 Å². The molecule has 4 aromatic rings. The number of nitrogens with zero attached hydrogens (tertiary/aromatic N) is 6. The van der Waals surface area contributed by atoms with Gasteiger partial charge in [0.05, 0.1) is 0 Å². The van der Waals surface area contributed by atoms with Gasteiger partial charge in [-0.2, -0.15) is 4.52 Å². The van der Waals surface area contributed by atoms with Crippen molar-refractivity contribution in [3.63, 3.8) is 0 Å². The maximum atomic E-state index is 4.63. The van der Waals surface area contributed by atoms with Gasteiger partial charge in [0.25, 0.3) is 0 Å². The number of fused-ring (bicyclic) bond motifs is 1. The summed E-state index contributed by atoms with van der Waals surface area (Å²) in [4.78, 5) is 6.48. The molecule has 0 saturated carbocycles. The van der Waals surface area contributed by atoms with Crippen LogP contribution in [-0.4, -0.2) is 38.9 Å². The zero-order valence-electron chi connectivity index (χ0n) is 14.9. The second-order valence-electron chi connectivity index (χ2n) is 6.30. The molecule has 0 unspecified atom stereocenters. The third kappa shape index (κ3) is 3.06. The molecule has 0 aliphatic rings. The predicted octanol–water partition coefficient (Wildman–Crippen LogP) is 3.30. The maximum Gasteiger partial charge on any atom is 0.203 e. The Balaban J connectivity index is 1.70. The topological polar surface area (TPSA) is 71.2 Å². The van der Waals surface area contributed by atoms with Crippen LogP contribution in [0.25, 0.3) is 17.2 Å². The van der Waals surface area contributed by atoms with Crippen molar-refractivity contribution in [1.82, 2.24) is 24.8 Å². The van der Waals surface area contributed by atoms with Gasteiger partial charge in [0, 0.05) is 31.7 Å². The van der Waals surface area contributed by atoms with Crippen molar-refractivity contribution in [2.75, 3.05) is 24.3 Å². The van der Waals surface area contributed by atoms with Gasteiger partial charge in [0.1, 0.15) is 5.69 Å². The summed E-state index contributed by atoms with van der Waals surface area (Å²) in [6.07, 6.45) is 1.81. The van der Waals surface area contributed by atoms with Gasteiger partial charge in [-0.05, 0) is 48.9 Å². The largest absolute Gasteiger partial charge is 0.378 e. The molecule has 130 valence electrons. The van der Waals surface area contributed by atoms with E-state index in [1.807, 2.05) is 63.6 Å². The number of pyridine rings is 1. The Labute approximate surface area is 151 Å². The highest BCUT2D eigenvalue weighted by Gasteiger charge is 2.11. The highest BCUT2D eigenvalue weighted by molar-refractivity contribution is 5.64. The van der Waals surface area contributed by atoms with Gasteiger partial charge in [-0.3, -0.25) is 4.98 Å². The zero-order valence-corrected chi connectivity index (χ0v) is 14.9. The molecule has 0 aliphatic heterocycles. The summed E-state index contributed by atoms with van der Waals surface area (Å²) in [5, 5.41) is 16.4. The molecule has 0 saturated heterocycles. The molecule has 7 nitrogen and oxygen atoms in total. The monoisotopic (exact) mass is 345 g/mol. The van der Waals surface area contributed by atoms with Gasteiger partial charge in [0.15, 0.2) is 11.5 Å². The van der Waals surface area contributed by atoms with E-state index in [1.165, 1.54) is 0 Å². The number of hydrogen-bond acceptors (Lipinski definition) is 6. The molecule has 0 spiro atoms. The molecule has 4 rings (SSSR count). The average molecular weight is 345 g/mol. The van der Waals surface area contributed by atoms with E-state index in [0.717, 1.165) is 22.6 Å². The fourth-order valence-electron chi connectivity index (χ4n) is 2.63. The molecule has 0 fully saturated rings. The quantitative estimate of drug-likeness (QED) is 0.612. The summed E-state index contributed by atoms with van der Waals surface area (Å²) >= 11 is 0. The number of anilines is 3. The standard InChI is InChI=1S/C19H19N7/c1-13-7-8-16(20-12-13)19-23-22-18-10-9-17(24-26(18)19)21-14-5-4-6-15(11-14)25(2)3/h4-12H,1-3H3,(H,21,24). The number of hydrogen-bond donors (Lipinski definition) is 1. The molecule has 0 atom stereocenters. The lowest BCUT2D eigenvalue weighted by Gasteiger charge is -2.14. The Hall–Kier alpha value is -3.48. The smallest absolute Gasteiger partial charge is 0.203 e. The van der Waals surface area contributed by atoms with E-state index >= 15 is 0 Å². The van der Waals surface area contributed by atoms with Crippen LogP contribution >= 0.6 is 0 Å². The van der Waals surface area contributed by atoms with E-state index in [-0.39, 0.29) is 0 Å². The SMILES string of the molecule is Cc1ccc(-c2nnc3ccc(Nc4cccc(N(C)C)c4)nn23)nc1. The minimum atomic E-state index is 0.616. The second-order valence-corrected chi connectivity index (χ2v) is 6.30. The van der Waals surface area contributed by atoms with Crippen LogP contribution < -0.4 is 10.2 Å². The van der Waals surface area contributed by atoms with Crippen molar-refractivity contribution >= 4 is 22.8 Å². The normalized spacial score (nSPS) is 10.9. The average Bonchev–Trinajstić information content (AvgIpc) is 3.06. The van der Waals surface area contributed by atoms with Crippen molar-refractivity contribution < 1.29 is 0 Å². The highest BCUT2D eigenvalue weighted by atomic mass is 15.4. The number of aromatic nitrogens is 5. The minimum absolute atomic E-state index is 0.616. The lowest BCUT2D eigenvalue weighted by molar-refractivity contribution is 0.934. The zero-order chi connectivity index (χ0) is 18.1. The van der Waals surface area contributed by atoms with Crippen LogP contribution in [0.3, 0.4) is 0 Å². The number of benzene rings is 1. The first-order valence-electron chi connectivity index (χ1n) is 8.30. The number of rotatable bonds is 4. The Morgan fingerprint density at radius 2 is 1.88 bits per heavy atom. The first kappa shape index (κ1) is 16.0. The molecule has 26 heavy (non-hydrogen) atoms. The molecular weight excluding hydrogens is 326 g/mol. The van der Waals surface area contributed by atoms with Gasteiger partial charge in [-0.1, -0.05) is 12.1 Å². The molecule has 0 aliphatic carbocycles. The molecule has 0 radical (unpaired) electrons. The van der Waals surface area contributed by atoms with Crippen LogP contribution in [-0.2, 0) is 0 Å². The fraction of sp³-hybridized carbons (Fsp3) is 0.158. The van der Waals surface area contributed by atoms with Crippen molar-refractivity contribution in [2.45, 2.75) is 6.92 Å². The van der Waals surface area contributed by atoms with Crippen LogP contribution in [0.4, 0.5) is 17.2 Å². The van der Waals surface area contributed by atoms with Gasteiger partial charge >= 0.3 is 0 Å². The first-order chi connectivity index (χ1) is 12.6. The van der Waals surface area contributed by atoms with Gasteiger partial charge in [-0.15, -0.1) is 15.3 Å². The second kappa shape index (κ2) is 6.44. The number of nitrogens with one attached hydrogen (secondary N) is 1. The van der Waals surface area contributed by atoms with Gasteiger partial charge in [-0.25, -0.2) is 0 Å². The van der Waals surface area contributed by atoms with Crippen molar-refractivity contribution in [3.8, 4) is 11.5 Å². The fourth-order valence-corrected chi connectivity index (χ4v) is 2.63. The summed E-state index contributed by atoms with van der Waals surface area (Å²) in [5.74, 6) is 1.33. The molecule has 1 aromatic carbocycles. The molecule has 7 heteroatoms. The summed E-state index contributed by atoms with van der Waals surface area (Å²) < 4.78 is 1.70. The third-order valence-corrected chi connectivity index (χ3v) is 4.04. The Morgan fingerprint density at radius 1 is 1.00 bits per heavy atom. The molecule has 0 amide bonds. The Bertz CT molecular complexity index is 1050. The van der Waals surface area contributed by atoms with Crippen LogP contribution in [0.5, 0.6) is 0 Å². The van der Waals surface area contributed by atoms with Crippen LogP contribution in [0.1, 0.15) is 5.56 Å². The van der Waals surface area contributed by atoms with E-state index in [1.54, 1.807) is 4.52 Å². The van der Waals surface area contributed by atoms with E-state index in [9.17, 15) is 0 Å². The molecule has 1 N–H and O–H groups in total. The van der Waals surface area contributed by atoms with Crippen molar-refractivity contribution in [2.24, 2.45) is 0 Å². The lowest BCUT2D eigenvalue weighted by atomic mass is 10.2. The molecule has 0 bridgehead atoms. The van der Waals surface area contributed by atoms with Crippen LogP contribution in [0.15, 0.2) is 54.7 Å². The predicted molar refractivity (Wildman–Crippen MR) is 103 cm³/mol. The van der Waals surface area contributed by atoms with E-state index in [4.69, 9.17) is 0 Å². The Kier molecular flexibility index (Phi) is 3.96. The van der Waals surface area contributed by atoms with Crippen molar-refractivity contribution in [1.29, 1.82) is 0 Å². The summed E-state index contributed by atoms with van der Waals surface area (Å²) in [5.41, 5.74) is 4.59. The highest BCUT2D eigenvalue weighted by Crippen LogP contribution is 2.22. The summed E-state index contributed by atoms with van der Waals surface area (Å²) in [6.45, 7) is 2.00. The van der Waals surface area contributed by atoms with Gasteiger partial charge < -0.3 is 10.2 Å². The van der Waals surface area contributed by atoms with Crippen LogP contribution in [0, 0.1) is 6.92 Å². The van der Waals surface area contributed by atoms with E-state index in [0.29, 0.717) is 17.3 Å². The lowest BCUT2D eigenvalue weighted by Crippen LogP contribution is -2.08. The molecule has 3 aromatic heterocycles. The Morgan fingerprint density at radius 3 is 2.65 bits per heavy atom. The minimum Gasteiger partial charge on any atom is -0.378 e. The number of aryl methyl sites for hydroxylation is 1. The summed E-state index contributed by atoms with van der Waals surface area (Å²) in [7, 11) is 4.03. The van der Waals surface area contributed by atoms with Gasteiger partial charge in [0.2, 0.25) is 5.82 Å². The maximum absolute atomic E-state index is 4.63. The third-order valence-electron chi connectivity index (χ3n) is 4.04. The van der Waals surface area contributed by atoms with E-state index < -0.39 is 0 Å².